The first-order valence-corrected chi connectivity index (χ1v) is 12.0. The molecule has 0 spiro atoms. The van der Waals surface area contributed by atoms with Gasteiger partial charge in [0.05, 0.1) is 24.1 Å². The topological polar surface area (TPSA) is 81.9 Å². The van der Waals surface area contributed by atoms with Crippen LogP contribution in [0.5, 0.6) is 5.75 Å². The van der Waals surface area contributed by atoms with Crippen LogP contribution in [0.2, 0.25) is 0 Å². The van der Waals surface area contributed by atoms with Gasteiger partial charge in [-0.05, 0) is 31.0 Å². The van der Waals surface area contributed by atoms with E-state index in [0.29, 0.717) is 16.8 Å². The van der Waals surface area contributed by atoms with Crippen LogP contribution in [0.1, 0.15) is 11.3 Å². The van der Waals surface area contributed by atoms with Gasteiger partial charge in [-0.25, -0.2) is 4.98 Å². The minimum Gasteiger partial charge on any atom is -0.496 e. The first kappa shape index (κ1) is 22.0. The average molecular weight is 466 g/mol. The Bertz CT molecular complexity index is 1190. The lowest BCUT2D eigenvalue weighted by molar-refractivity contribution is -0.113. The van der Waals surface area contributed by atoms with E-state index in [1.807, 2.05) is 54.8 Å². The molecule has 1 amide bonds. The molecule has 0 bridgehead atoms. The van der Waals surface area contributed by atoms with Crippen LogP contribution in [0.4, 0.5) is 5.13 Å². The summed E-state index contributed by atoms with van der Waals surface area (Å²) in [6.07, 6.45) is 0.819. The van der Waals surface area contributed by atoms with Crippen molar-refractivity contribution in [1.29, 1.82) is 0 Å². The Balaban J connectivity index is 1.55. The molecule has 7 nitrogen and oxygen atoms in total. The van der Waals surface area contributed by atoms with Gasteiger partial charge in [-0.2, -0.15) is 0 Å². The van der Waals surface area contributed by atoms with Crippen molar-refractivity contribution < 1.29 is 9.53 Å². The normalized spacial score (nSPS) is 10.8. The maximum atomic E-state index is 12.4. The summed E-state index contributed by atoms with van der Waals surface area (Å²) >= 11 is 2.77. The van der Waals surface area contributed by atoms with Crippen molar-refractivity contribution in [3.63, 3.8) is 0 Å². The van der Waals surface area contributed by atoms with Crippen LogP contribution >= 0.6 is 23.1 Å². The van der Waals surface area contributed by atoms with Gasteiger partial charge in [0.2, 0.25) is 5.91 Å². The van der Waals surface area contributed by atoms with Crippen LogP contribution < -0.4 is 10.1 Å². The van der Waals surface area contributed by atoms with E-state index in [0.717, 1.165) is 29.3 Å². The van der Waals surface area contributed by atoms with Crippen LogP contribution in [0.15, 0.2) is 65.1 Å². The predicted octanol–water partition coefficient (Wildman–Crippen LogP) is 4.69. The molecule has 0 saturated heterocycles. The third kappa shape index (κ3) is 5.35. The largest absolute Gasteiger partial charge is 0.496 e. The second kappa shape index (κ2) is 10.4. The molecular formula is C23H23N5O2S2. The molecule has 32 heavy (non-hydrogen) atoms. The summed E-state index contributed by atoms with van der Waals surface area (Å²) in [6, 6.07) is 18.0. The lowest BCUT2D eigenvalue weighted by atomic mass is 10.1. The van der Waals surface area contributed by atoms with Crippen molar-refractivity contribution in [2.45, 2.75) is 25.0 Å². The Morgan fingerprint density at radius 1 is 1.12 bits per heavy atom. The van der Waals surface area contributed by atoms with Crippen molar-refractivity contribution in [3.05, 3.63) is 71.2 Å². The second-order valence-corrected chi connectivity index (χ2v) is 8.83. The number of aromatic nitrogens is 4. The van der Waals surface area contributed by atoms with E-state index < -0.39 is 0 Å². The van der Waals surface area contributed by atoms with Gasteiger partial charge < -0.3 is 14.6 Å². The zero-order valence-electron chi connectivity index (χ0n) is 17.8. The van der Waals surface area contributed by atoms with Crippen LogP contribution in [0.25, 0.3) is 11.4 Å². The summed E-state index contributed by atoms with van der Waals surface area (Å²) < 4.78 is 7.59. The number of thioether (sulfide) groups is 1. The Morgan fingerprint density at radius 2 is 1.91 bits per heavy atom. The molecule has 9 heteroatoms. The van der Waals surface area contributed by atoms with Gasteiger partial charge in [0, 0.05) is 11.9 Å². The van der Waals surface area contributed by atoms with Crippen molar-refractivity contribution in [2.75, 3.05) is 18.2 Å². The van der Waals surface area contributed by atoms with Crippen molar-refractivity contribution in [1.82, 2.24) is 19.7 Å². The smallest absolute Gasteiger partial charge is 0.236 e. The van der Waals surface area contributed by atoms with Gasteiger partial charge in [-0.15, -0.1) is 21.5 Å². The number of benzene rings is 2. The zero-order valence-corrected chi connectivity index (χ0v) is 19.4. The summed E-state index contributed by atoms with van der Waals surface area (Å²) in [5.74, 6) is 1.54. The van der Waals surface area contributed by atoms with E-state index in [9.17, 15) is 4.79 Å². The number of methoxy groups -OCH3 is 1. The van der Waals surface area contributed by atoms with E-state index >= 15 is 0 Å². The molecule has 0 aliphatic carbocycles. The predicted molar refractivity (Wildman–Crippen MR) is 128 cm³/mol. The van der Waals surface area contributed by atoms with Crippen LogP contribution in [-0.4, -0.2) is 38.5 Å². The number of amides is 1. The highest BCUT2D eigenvalue weighted by Gasteiger charge is 2.18. The number of carbonyl (C=O) groups is 1. The molecule has 1 N–H and O–H groups in total. The molecule has 0 fully saturated rings. The molecule has 0 atom stereocenters. The number of para-hydroxylation sites is 1. The summed E-state index contributed by atoms with van der Waals surface area (Å²) in [7, 11) is 1.64. The minimum absolute atomic E-state index is 0.124. The molecular weight excluding hydrogens is 442 g/mol. The van der Waals surface area contributed by atoms with Gasteiger partial charge >= 0.3 is 0 Å². The molecule has 0 aliphatic rings. The number of thiazole rings is 1. The molecule has 2 aromatic carbocycles. The third-order valence-electron chi connectivity index (χ3n) is 4.73. The highest BCUT2D eigenvalue weighted by atomic mass is 32.2. The lowest BCUT2D eigenvalue weighted by Gasteiger charge is -2.12. The third-order valence-corrected chi connectivity index (χ3v) is 6.57. The molecule has 0 saturated carbocycles. The van der Waals surface area contributed by atoms with Crippen molar-refractivity contribution in [3.8, 4) is 17.1 Å². The van der Waals surface area contributed by atoms with Crippen LogP contribution in [-0.2, 0) is 17.8 Å². The minimum atomic E-state index is -0.124. The van der Waals surface area contributed by atoms with Crippen LogP contribution in [0.3, 0.4) is 0 Å². The van der Waals surface area contributed by atoms with Gasteiger partial charge in [0.15, 0.2) is 16.1 Å². The zero-order chi connectivity index (χ0) is 22.3. The van der Waals surface area contributed by atoms with Crippen molar-refractivity contribution >= 4 is 34.1 Å². The number of anilines is 1. The molecule has 164 valence electrons. The summed E-state index contributed by atoms with van der Waals surface area (Å²) in [5, 5.41) is 14.9. The number of ether oxygens (including phenoxy) is 1. The number of rotatable bonds is 9. The van der Waals surface area contributed by atoms with E-state index in [1.54, 1.807) is 7.11 Å². The number of nitrogens with zero attached hydrogens (tertiary/aromatic N) is 4. The van der Waals surface area contributed by atoms with Gasteiger partial charge in [-0.1, -0.05) is 54.2 Å². The lowest BCUT2D eigenvalue weighted by Crippen LogP contribution is -2.15. The monoisotopic (exact) mass is 465 g/mol. The number of hydrogen-bond acceptors (Lipinski definition) is 7. The maximum absolute atomic E-state index is 12.4. The molecule has 4 rings (SSSR count). The average Bonchev–Trinajstić information content (AvgIpc) is 3.42. The van der Waals surface area contributed by atoms with Gasteiger partial charge in [0.25, 0.3) is 0 Å². The Kier molecular flexibility index (Phi) is 7.18. The Hall–Kier alpha value is -3.17. The Labute approximate surface area is 194 Å². The van der Waals surface area contributed by atoms with Crippen molar-refractivity contribution in [2.24, 2.45) is 0 Å². The number of aryl methyl sites for hydroxylation is 2. The fraction of sp³-hybridized carbons (Fsp3) is 0.217. The maximum Gasteiger partial charge on any atom is 0.236 e. The number of carbonyl (C=O) groups excluding carboxylic acids is 1. The second-order valence-electron chi connectivity index (χ2n) is 7.02. The molecule has 0 radical (unpaired) electrons. The molecule has 2 aromatic heterocycles. The van der Waals surface area contributed by atoms with Crippen LogP contribution in [0, 0.1) is 6.92 Å². The van der Waals surface area contributed by atoms with Gasteiger partial charge in [-0.3, -0.25) is 4.79 Å². The molecule has 4 aromatic rings. The van der Waals surface area contributed by atoms with Gasteiger partial charge in [0.1, 0.15) is 5.75 Å². The van der Waals surface area contributed by atoms with E-state index in [4.69, 9.17) is 4.74 Å². The highest BCUT2D eigenvalue weighted by molar-refractivity contribution is 7.99. The molecule has 2 heterocycles. The fourth-order valence-electron chi connectivity index (χ4n) is 3.21. The fourth-order valence-corrected chi connectivity index (χ4v) is 4.68. The first-order chi connectivity index (χ1) is 15.6. The summed E-state index contributed by atoms with van der Waals surface area (Å²) in [6.45, 7) is 2.58. The Morgan fingerprint density at radius 3 is 2.66 bits per heavy atom. The molecule has 0 unspecified atom stereocenters. The molecule has 0 aliphatic heterocycles. The first-order valence-electron chi connectivity index (χ1n) is 10.1. The standard InChI is InChI=1S/C23H23N5O2S2/c1-16-14-31-22(24-16)25-20(29)15-32-23-27-26-21(18-10-6-7-11-19(18)30-2)28(23)13-12-17-8-4-3-5-9-17/h3-11,14H,12-13,15H2,1-2H3,(H,24,25,29). The quantitative estimate of drug-likeness (QED) is 0.361. The highest BCUT2D eigenvalue weighted by Crippen LogP contribution is 2.31. The summed E-state index contributed by atoms with van der Waals surface area (Å²) in [5.41, 5.74) is 2.98. The van der Waals surface area contributed by atoms with E-state index in [1.165, 1.54) is 28.7 Å². The summed E-state index contributed by atoms with van der Waals surface area (Å²) in [4.78, 5) is 16.7. The number of hydrogen-bond donors (Lipinski definition) is 1. The SMILES string of the molecule is COc1ccccc1-c1nnc(SCC(=O)Nc2nc(C)cs2)n1CCc1ccccc1. The van der Waals surface area contributed by atoms with E-state index in [-0.39, 0.29) is 11.7 Å². The number of nitrogens with one attached hydrogen (secondary N) is 1. The van der Waals surface area contributed by atoms with E-state index in [2.05, 4.69) is 37.2 Å².